The third kappa shape index (κ3) is 3.70. The zero-order valence-electron chi connectivity index (χ0n) is 12.8. The van der Waals surface area contributed by atoms with E-state index in [2.05, 4.69) is 60.7 Å². The first-order valence-corrected chi connectivity index (χ1v) is 7.54. The van der Waals surface area contributed by atoms with Gasteiger partial charge in [0, 0.05) is 25.2 Å². The second kappa shape index (κ2) is 7.25. The number of rotatable bonds is 7. The molecule has 0 aliphatic rings. The summed E-state index contributed by atoms with van der Waals surface area (Å²) in [5, 5.41) is 8.19. The first-order valence-electron chi connectivity index (χ1n) is 7.54. The van der Waals surface area contributed by atoms with Gasteiger partial charge in [-0.05, 0) is 31.0 Å². The van der Waals surface area contributed by atoms with Crippen molar-refractivity contribution >= 4 is 0 Å². The highest BCUT2D eigenvalue weighted by molar-refractivity contribution is 5.22. The van der Waals surface area contributed by atoms with Crippen LogP contribution in [-0.4, -0.2) is 16.3 Å². The van der Waals surface area contributed by atoms with Crippen molar-refractivity contribution in [1.82, 2.24) is 15.1 Å². The molecular formula is C17H25N3. The van der Waals surface area contributed by atoms with E-state index in [4.69, 9.17) is 0 Å². The van der Waals surface area contributed by atoms with Gasteiger partial charge in [-0.15, -0.1) is 0 Å². The second-order valence-electron chi connectivity index (χ2n) is 5.23. The molecule has 0 spiro atoms. The van der Waals surface area contributed by atoms with E-state index in [1.165, 1.54) is 17.0 Å². The third-order valence-electron chi connectivity index (χ3n) is 3.65. The average molecular weight is 271 g/mol. The minimum absolute atomic E-state index is 0.358. The molecule has 3 nitrogen and oxygen atoms in total. The molecule has 1 aromatic carbocycles. The highest BCUT2D eigenvalue weighted by Gasteiger charge is 2.14. The van der Waals surface area contributed by atoms with Crippen LogP contribution in [0.25, 0.3) is 0 Å². The van der Waals surface area contributed by atoms with Gasteiger partial charge in [0.05, 0.1) is 5.69 Å². The van der Waals surface area contributed by atoms with E-state index in [-0.39, 0.29) is 0 Å². The summed E-state index contributed by atoms with van der Waals surface area (Å²) in [5.41, 5.74) is 3.81. The van der Waals surface area contributed by atoms with Gasteiger partial charge in [-0.25, -0.2) is 0 Å². The van der Waals surface area contributed by atoms with Crippen molar-refractivity contribution in [3.8, 4) is 0 Å². The molecule has 0 saturated heterocycles. The van der Waals surface area contributed by atoms with Gasteiger partial charge in [-0.2, -0.15) is 5.10 Å². The van der Waals surface area contributed by atoms with E-state index in [1.807, 2.05) is 11.7 Å². The van der Waals surface area contributed by atoms with E-state index in [9.17, 15) is 0 Å². The lowest BCUT2D eigenvalue weighted by atomic mass is 10.0. The van der Waals surface area contributed by atoms with Crippen molar-refractivity contribution in [2.24, 2.45) is 7.05 Å². The number of aryl methyl sites for hydroxylation is 2. The van der Waals surface area contributed by atoms with Crippen LogP contribution in [0, 0.1) is 0 Å². The SMILES string of the molecule is CCCNC(Cc1cc(CC)nn1C)c1ccccc1. The van der Waals surface area contributed by atoms with Gasteiger partial charge < -0.3 is 5.32 Å². The standard InChI is InChI=1S/C17H25N3/c1-4-11-18-17(14-9-7-6-8-10-14)13-16-12-15(5-2)19-20(16)3/h6-10,12,17-18H,4-5,11,13H2,1-3H3. The fraction of sp³-hybridized carbons (Fsp3) is 0.471. The van der Waals surface area contributed by atoms with Crippen molar-refractivity contribution in [2.45, 2.75) is 39.2 Å². The Morgan fingerprint density at radius 3 is 2.55 bits per heavy atom. The van der Waals surface area contributed by atoms with Crippen LogP contribution in [-0.2, 0) is 19.9 Å². The summed E-state index contributed by atoms with van der Waals surface area (Å²) >= 11 is 0. The number of nitrogens with zero attached hydrogens (tertiary/aromatic N) is 2. The lowest BCUT2D eigenvalue weighted by molar-refractivity contribution is 0.512. The molecule has 1 heterocycles. The van der Waals surface area contributed by atoms with E-state index < -0.39 is 0 Å². The number of benzene rings is 1. The smallest absolute Gasteiger partial charge is 0.0624 e. The Labute approximate surface area is 122 Å². The molecule has 0 bridgehead atoms. The zero-order chi connectivity index (χ0) is 14.4. The van der Waals surface area contributed by atoms with E-state index in [1.54, 1.807) is 0 Å². The maximum Gasteiger partial charge on any atom is 0.0624 e. The zero-order valence-corrected chi connectivity index (χ0v) is 12.8. The maximum absolute atomic E-state index is 4.55. The molecule has 1 unspecified atom stereocenters. The Bertz CT molecular complexity index is 516. The molecule has 1 N–H and O–H groups in total. The van der Waals surface area contributed by atoms with Crippen molar-refractivity contribution in [3.05, 3.63) is 53.3 Å². The Balaban J connectivity index is 2.16. The summed E-state index contributed by atoms with van der Waals surface area (Å²) in [7, 11) is 2.04. The molecule has 0 aliphatic carbocycles. The van der Waals surface area contributed by atoms with Crippen molar-refractivity contribution in [1.29, 1.82) is 0 Å². The normalized spacial score (nSPS) is 12.6. The minimum atomic E-state index is 0.358. The summed E-state index contributed by atoms with van der Waals surface area (Å²) in [6, 6.07) is 13.3. The summed E-state index contributed by atoms with van der Waals surface area (Å²) < 4.78 is 2.02. The van der Waals surface area contributed by atoms with Gasteiger partial charge in [0.1, 0.15) is 0 Å². The van der Waals surface area contributed by atoms with Gasteiger partial charge in [-0.3, -0.25) is 4.68 Å². The molecule has 108 valence electrons. The van der Waals surface area contributed by atoms with E-state index >= 15 is 0 Å². The van der Waals surface area contributed by atoms with Crippen LogP contribution < -0.4 is 5.32 Å². The molecule has 1 atom stereocenters. The van der Waals surface area contributed by atoms with Crippen LogP contribution in [0.4, 0.5) is 0 Å². The quantitative estimate of drug-likeness (QED) is 0.837. The van der Waals surface area contributed by atoms with Gasteiger partial charge in [0.2, 0.25) is 0 Å². The van der Waals surface area contributed by atoms with Gasteiger partial charge in [-0.1, -0.05) is 44.2 Å². The number of aromatic nitrogens is 2. The molecule has 2 rings (SSSR count). The van der Waals surface area contributed by atoms with Crippen LogP contribution >= 0.6 is 0 Å². The molecule has 2 aromatic rings. The van der Waals surface area contributed by atoms with Gasteiger partial charge >= 0.3 is 0 Å². The predicted octanol–water partition coefficient (Wildman–Crippen LogP) is 3.27. The van der Waals surface area contributed by atoms with Crippen LogP contribution in [0.5, 0.6) is 0 Å². The summed E-state index contributed by atoms with van der Waals surface area (Å²) in [6.07, 6.45) is 3.12. The molecular weight excluding hydrogens is 246 g/mol. The number of hydrogen-bond donors (Lipinski definition) is 1. The Hall–Kier alpha value is -1.61. The van der Waals surface area contributed by atoms with Crippen LogP contribution in [0.2, 0.25) is 0 Å². The Morgan fingerprint density at radius 1 is 1.20 bits per heavy atom. The molecule has 0 amide bonds. The Kier molecular flexibility index (Phi) is 5.36. The summed E-state index contributed by atoms with van der Waals surface area (Å²) in [4.78, 5) is 0. The van der Waals surface area contributed by atoms with Crippen molar-refractivity contribution in [3.63, 3.8) is 0 Å². The largest absolute Gasteiger partial charge is 0.310 e. The van der Waals surface area contributed by atoms with E-state index in [0.717, 1.165) is 25.8 Å². The second-order valence-corrected chi connectivity index (χ2v) is 5.23. The molecule has 1 aromatic heterocycles. The maximum atomic E-state index is 4.55. The third-order valence-corrected chi connectivity index (χ3v) is 3.65. The molecule has 20 heavy (non-hydrogen) atoms. The molecule has 0 aliphatic heterocycles. The van der Waals surface area contributed by atoms with Crippen molar-refractivity contribution in [2.75, 3.05) is 6.54 Å². The van der Waals surface area contributed by atoms with Crippen LogP contribution in [0.1, 0.15) is 43.3 Å². The number of hydrogen-bond acceptors (Lipinski definition) is 2. The molecule has 0 fully saturated rings. The molecule has 0 saturated carbocycles. The topological polar surface area (TPSA) is 29.9 Å². The molecule has 0 radical (unpaired) electrons. The summed E-state index contributed by atoms with van der Waals surface area (Å²) in [5.74, 6) is 0. The monoisotopic (exact) mass is 271 g/mol. The highest BCUT2D eigenvalue weighted by atomic mass is 15.3. The van der Waals surface area contributed by atoms with Gasteiger partial charge in [0.15, 0.2) is 0 Å². The lowest BCUT2D eigenvalue weighted by Gasteiger charge is -2.19. The van der Waals surface area contributed by atoms with Gasteiger partial charge in [0.25, 0.3) is 0 Å². The first kappa shape index (κ1) is 14.8. The Morgan fingerprint density at radius 2 is 1.95 bits per heavy atom. The summed E-state index contributed by atoms with van der Waals surface area (Å²) in [6.45, 7) is 5.39. The lowest BCUT2D eigenvalue weighted by Crippen LogP contribution is -2.24. The minimum Gasteiger partial charge on any atom is -0.310 e. The van der Waals surface area contributed by atoms with E-state index in [0.29, 0.717) is 6.04 Å². The van der Waals surface area contributed by atoms with Crippen molar-refractivity contribution < 1.29 is 0 Å². The fourth-order valence-corrected chi connectivity index (χ4v) is 2.46. The fourth-order valence-electron chi connectivity index (χ4n) is 2.46. The molecule has 3 heteroatoms. The highest BCUT2D eigenvalue weighted by Crippen LogP contribution is 2.19. The number of nitrogens with one attached hydrogen (secondary N) is 1. The predicted molar refractivity (Wildman–Crippen MR) is 83.8 cm³/mol. The first-order chi connectivity index (χ1) is 9.74. The average Bonchev–Trinajstić information content (AvgIpc) is 2.84. The van der Waals surface area contributed by atoms with Crippen LogP contribution in [0.3, 0.4) is 0 Å². The van der Waals surface area contributed by atoms with Crippen LogP contribution in [0.15, 0.2) is 36.4 Å².